The highest BCUT2D eigenvalue weighted by Crippen LogP contribution is 2.26. The molecule has 2 aliphatic heterocycles. The Bertz CT molecular complexity index is 157. The Morgan fingerprint density at radius 1 is 1.15 bits per heavy atom. The maximum atomic E-state index is 2.75. The zero-order chi connectivity index (χ0) is 9.10. The normalized spacial score (nSPS) is 37.6. The van der Waals surface area contributed by atoms with Gasteiger partial charge in [0.2, 0.25) is 0 Å². The third kappa shape index (κ3) is 2.57. The van der Waals surface area contributed by atoms with E-state index in [-0.39, 0.29) is 0 Å². The number of rotatable bonds is 1. The van der Waals surface area contributed by atoms with Crippen LogP contribution in [-0.2, 0) is 0 Å². The minimum absolute atomic E-state index is 0.822. The lowest BCUT2D eigenvalue weighted by atomic mass is 10.1. The van der Waals surface area contributed by atoms with Gasteiger partial charge in [0.25, 0.3) is 0 Å². The molecule has 2 aliphatic rings. The fourth-order valence-corrected chi connectivity index (χ4v) is 4.47. The molecule has 1 nitrogen and oxygen atoms in total. The van der Waals surface area contributed by atoms with Crippen molar-refractivity contribution in [2.24, 2.45) is 0 Å². The maximum absolute atomic E-state index is 2.75. The third-order valence-corrected chi connectivity index (χ3v) is 5.41. The molecule has 0 N–H and O–H groups in total. The van der Waals surface area contributed by atoms with Crippen LogP contribution in [0.25, 0.3) is 0 Å². The van der Waals surface area contributed by atoms with Gasteiger partial charge in [0, 0.05) is 35.9 Å². The zero-order valence-corrected chi connectivity index (χ0v) is 10.0. The Morgan fingerprint density at radius 2 is 2.00 bits per heavy atom. The summed E-state index contributed by atoms with van der Waals surface area (Å²) in [4.78, 5) is 2.75. The quantitative estimate of drug-likeness (QED) is 0.663. The average Bonchev–Trinajstić information content (AvgIpc) is 2.20. The Hall–Kier alpha value is 0.660. The molecule has 2 heterocycles. The molecule has 13 heavy (non-hydrogen) atoms. The summed E-state index contributed by atoms with van der Waals surface area (Å²) >= 11 is 4.27. The number of hydrogen-bond acceptors (Lipinski definition) is 3. The molecular formula is C10H19NS2. The van der Waals surface area contributed by atoms with Crippen molar-refractivity contribution in [1.82, 2.24) is 4.90 Å². The van der Waals surface area contributed by atoms with Gasteiger partial charge in [0.15, 0.2) is 0 Å². The van der Waals surface area contributed by atoms with E-state index < -0.39 is 0 Å². The van der Waals surface area contributed by atoms with Crippen molar-refractivity contribution >= 4 is 23.5 Å². The van der Waals surface area contributed by atoms with Crippen LogP contribution in [0.3, 0.4) is 0 Å². The lowest BCUT2D eigenvalue weighted by Crippen LogP contribution is -2.48. The fraction of sp³-hybridized carbons (Fsp3) is 1.00. The summed E-state index contributed by atoms with van der Waals surface area (Å²) in [6, 6.07) is 1.72. The van der Waals surface area contributed by atoms with Gasteiger partial charge in [-0.15, -0.1) is 0 Å². The summed E-state index contributed by atoms with van der Waals surface area (Å²) in [5, 5.41) is 0. The summed E-state index contributed by atoms with van der Waals surface area (Å²) in [5.74, 6) is 5.48. The van der Waals surface area contributed by atoms with Crippen molar-refractivity contribution in [3.63, 3.8) is 0 Å². The zero-order valence-electron chi connectivity index (χ0n) is 8.37. The second kappa shape index (κ2) is 4.94. The van der Waals surface area contributed by atoms with Crippen molar-refractivity contribution in [3.05, 3.63) is 0 Å². The van der Waals surface area contributed by atoms with Gasteiger partial charge in [0.1, 0.15) is 0 Å². The van der Waals surface area contributed by atoms with Crippen molar-refractivity contribution in [2.75, 3.05) is 29.6 Å². The van der Waals surface area contributed by atoms with Crippen LogP contribution in [0, 0.1) is 0 Å². The summed E-state index contributed by atoms with van der Waals surface area (Å²) in [6.07, 6.45) is 2.88. The van der Waals surface area contributed by atoms with Crippen LogP contribution in [0.4, 0.5) is 0 Å². The molecule has 0 aromatic carbocycles. The molecule has 2 saturated heterocycles. The summed E-state index contributed by atoms with van der Waals surface area (Å²) in [6.45, 7) is 3.72. The smallest absolute Gasteiger partial charge is 0.0190 e. The van der Waals surface area contributed by atoms with Gasteiger partial charge in [-0.05, 0) is 25.5 Å². The van der Waals surface area contributed by atoms with E-state index >= 15 is 0 Å². The van der Waals surface area contributed by atoms with Crippen molar-refractivity contribution in [3.8, 4) is 0 Å². The topological polar surface area (TPSA) is 3.24 Å². The number of nitrogens with zero attached hydrogens (tertiary/aromatic N) is 1. The largest absolute Gasteiger partial charge is 0.295 e. The van der Waals surface area contributed by atoms with Crippen molar-refractivity contribution < 1.29 is 0 Å². The van der Waals surface area contributed by atoms with Gasteiger partial charge in [-0.2, -0.15) is 23.5 Å². The van der Waals surface area contributed by atoms with Gasteiger partial charge in [-0.3, -0.25) is 4.90 Å². The van der Waals surface area contributed by atoms with E-state index in [2.05, 4.69) is 35.3 Å². The summed E-state index contributed by atoms with van der Waals surface area (Å²) in [5.41, 5.74) is 0. The first-order chi connectivity index (χ1) is 6.38. The highest BCUT2D eigenvalue weighted by molar-refractivity contribution is 7.99. The van der Waals surface area contributed by atoms with E-state index in [0.29, 0.717) is 0 Å². The molecule has 0 spiro atoms. The number of hydrogen-bond donors (Lipinski definition) is 0. The highest BCUT2D eigenvalue weighted by Gasteiger charge is 2.27. The fourth-order valence-electron chi connectivity index (χ4n) is 2.27. The van der Waals surface area contributed by atoms with Gasteiger partial charge in [-0.25, -0.2) is 0 Å². The molecule has 0 aliphatic carbocycles. The molecule has 0 aromatic heterocycles. The molecule has 2 fully saturated rings. The van der Waals surface area contributed by atoms with Crippen LogP contribution in [0.2, 0.25) is 0 Å². The summed E-state index contributed by atoms with van der Waals surface area (Å²) in [7, 11) is 0. The van der Waals surface area contributed by atoms with Crippen molar-refractivity contribution in [2.45, 2.75) is 31.8 Å². The molecule has 0 amide bonds. The second-order valence-electron chi connectivity index (χ2n) is 4.03. The lowest BCUT2D eigenvalue weighted by molar-refractivity contribution is 0.165. The molecular weight excluding hydrogens is 198 g/mol. The molecule has 2 unspecified atom stereocenters. The van der Waals surface area contributed by atoms with Gasteiger partial charge >= 0.3 is 0 Å². The maximum Gasteiger partial charge on any atom is 0.0190 e. The first-order valence-electron chi connectivity index (χ1n) is 5.29. The SMILES string of the molecule is CC1CSCCN1C1CCCSC1. The molecule has 76 valence electrons. The van der Waals surface area contributed by atoms with Crippen LogP contribution in [0.5, 0.6) is 0 Å². The minimum Gasteiger partial charge on any atom is -0.295 e. The van der Waals surface area contributed by atoms with E-state index in [1.807, 2.05) is 0 Å². The van der Waals surface area contributed by atoms with Crippen LogP contribution in [0.15, 0.2) is 0 Å². The number of thioether (sulfide) groups is 2. The first-order valence-corrected chi connectivity index (χ1v) is 7.60. The Balaban J connectivity index is 1.88. The molecule has 0 radical (unpaired) electrons. The van der Waals surface area contributed by atoms with Crippen molar-refractivity contribution in [1.29, 1.82) is 0 Å². The molecule has 0 saturated carbocycles. The second-order valence-corrected chi connectivity index (χ2v) is 6.33. The van der Waals surface area contributed by atoms with Crippen LogP contribution >= 0.6 is 23.5 Å². The lowest BCUT2D eigenvalue weighted by Gasteiger charge is -2.40. The van der Waals surface area contributed by atoms with Crippen LogP contribution in [0.1, 0.15) is 19.8 Å². The van der Waals surface area contributed by atoms with Gasteiger partial charge in [-0.1, -0.05) is 0 Å². The minimum atomic E-state index is 0.822. The Kier molecular flexibility index (Phi) is 3.87. The highest BCUT2D eigenvalue weighted by atomic mass is 32.2. The molecule has 0 aromatic rings. The van der Waals surface area contributed by atoms with E-state index in [1.165, 1.54) is 42.4 Å². The predicted molar refractivity (Wildman–Crippen MR) is 63.8 cm³/mol. The van der Waals surface area contributed by atoms with E-state index in [0.717, 1.165) is 12.1 Å². The average molecular weight is 217 g/mol. The monoisotopic (exact) mass is 217 g/mol. The van der Waals surface area contributed by atoms with Crippen LogP contribution < -0.4 is 0 Å². The third-order valence-electron chi connectivity index (χ3n) is 3.02. The molecule has 2 atom stereocenters. The summed E-state index contributed by atoms with van der Waals surface area (Å²) < 4.78 is 0. The van der Waals surface area contributed by atoms with Gasteiger partial charge < -0.3 is 0 Å². The standard InChI is InChI=1S/C10H19NS2/c1-9-7-13-6-4-11(9)10-3-2-5-12-8-10/h9-10H,2-8H2,1H3. The van der Waals surface area contributed by atoms with E-state index in [1.54, 1.807) is 0 Å². The predicted octanol–water partition coefficient (Wildman–Crippen LogP) is 2.32. The van der Waals surface area contributed by atoms with Gasteiger partial charge in [0.05, 0.1) is 0 Å². The van der Waals surface area contributed by atoms with E-state index in [4.69, 9.17) is 0 Å². The first kappa shape index (κ1) is 10.2. The van der Waals surface area contributed by atoms with E-state index in [9.17, 15) is 0 Å². The molecule has 3 heteroatoms. The van der Waals surface area contributed by atoms with Crippen LogP contribution in [-0.4, -0.2) is 46.5 Å². The molecule has 2 rings (SSSR count). The Labute approximate surface area is 90.0 Å². The Morgan fingerprint density at radius 3 is 2.69 bits per heavy atom. The molecule has 0 bridgehead atoms.